The molecule has 0 fully saturated rings. The normalized spacial score (nSPS) is 13.4. The molecule has 7 heteroatoms. The van der Waals surface area contributed by atoms with Gasteiger partial charge in [-0.3, -0.25) is 14.5 Å². The first-order valence-corrected chi connectivity index (χ1v) is 7.71. The van der Waals surface area contributed by atoms with Gasteiger partial charge in [0.1, 0.15) is 5.75 Å². The smallest absolute Gasteiger partial charge is 0.261 e. The molecule has 7 nitrogen and oxygen atoms in total. The molecule has 0 unspecified atom stereocenters. The lowest BCUT2D eigenvalue weighted by Crippen LogP contribution is -2.31. The summed E-state index contributed by atoms with van der Waals surface area (Å²) in [6.07, 6.45) is 0.242. The fourth-order valence-corrected chi connectivity index (χ4v) is 2.77. The zero-order valence-corrected chi connectivity index (χ0v) is 13.0. The number of benzene rings is 2. The van der Waals surface area contributed by atoms with Gasteiger partial charge in [0.2, 0.25) is 5.89 Å². The first kappa shape index (κ1) is 15.1. The molecule has 0 spiro atoms. The van der Waals surface area contributed by atoms with Crippen LogP contribution in [0.1, 0.15) is 26.6 Å². The van der Waals surface area contributed by atoms with Crippen molar-refractivity contribution in [2.45, 2.75) is 6.42 Å². The van der Waals surface area contributed by atoms with Crippen LogP contribution in [0, 0.1) is 0 Å². The molecule has 1 aromatic heterocycles. The number of hydrogen-bond donors (Lipinski definition) is 1. The number of imide groups is 1. The summed E-state index contributed by atoms with van der Waals surface area (Å²) in [5.41, 5.74) is 1.25. The highest BCUT2D eigenvalue weighted by atomic mass is 16.4. The number of phenolic OH excluding ortho intramolecular Hbond substituents is 1. The molecule has 0 saturated heterocycles. The molecule has 0 aliphatic carbocycles. The Morgan fingerprint density at radius 3 is 2.12 bits per heavy atom. The number of para-hydroxylation sites is 1. The lowest BCUT2D eigenvalue weighted by Gasteiger charge is -2.11. The lowest BCUT2D eigenvalue weighted by atomic mass is 10.1. The Morgan fingerprint density at radius 2 is 1.48 bits per heavy atom. The topological polar surface area (TPSA) is 96.5 Å². The van der Waals surface area contributed by atoms with Crippen LogP contribution in [-0.4, -0.2) is 38.6 Å². The van der Waals surface area contributed by atoms with E-state index in [4.69, 9.17) is 4.42 Å². The zero-order chi connectivity index (χ0) is 17.4. The maximum Gasteiger partial charge on any atom is 0.261 e. The molecule has 1 aliphatic rings. The van der Waals surface area contributed by atoms with Crippen molar-refractivity contribution in [1.29, 1.82) is 0 Å². The minimum Gasteiger partial charge on any atom is -0.507 e. The Hall–Kier alpha value is -3.48. The minimum absolute atomic E-state index is 0.0399. The molecular formula is C18H13N3O4. The second-order valence-electron chi connectivity index (χ2n) is 5.58. The van der Waals surface area contributed by atoms with Crippen LogP contribution in [0.4, 0.5) is 0 Å². The summed E-state index contributed by atoms with van der Waals surface area (Å²) in [4.78, 5) is 25.8. The first-order valence-electron chi connectivity index (χ1n) is 7.71. The summed E-state index contributed by atoms with van der Waals surface area (Å²) in [7, 11) is 0. The van der Waals surface area contributed by atoms with Gasteiger partial charge in [-0.1, -0.05) is 24.3 Å². The number of fused-ring (bicyclic) bond motifs is 1. The summed E-state index contributed by atoms with van der Waals surface area (Å²) < 4.78 is 5.53. The maximum atomic E-state index is 12.3. The van der Waals surface area contributed by atoms with Crippen molar-refractivity contribution >= 4 is 11.8 Å². The van der Waals surface area contributed by atoms with E-state index in [1.807, 2.05) is 0 Å². The largest absolute Gasteiger partial charge is 0.507 e. The summed E-state index contributed by atoms with van der Waals surface area (Å²) in [6.45, 7) is 0.148. The lowest BCUT2D eigenvalue weighted by molar-refractivity contribution is 0.0654. The molecular weight excluding hydrogens is 322 g/mol. The predicted molar refractivity (Wildman–Crippen MR) is 86.9 cm³/mol. The van der Waals surface area contributed by atoms with Crippen molar-refractivity contribution in [2.24, 2.45) is 0 Å². The molecule has 0 atom stereocenters. The Bertz CT molecular complexity index is 945. The zero-order valence-electron chi connectivity index (χ0n) is 13.0. The quantitative estimate of drug-likeness (QED) is 0.735. The number of hydrogen-bond acceptors (Lipinski definition) is 6. The molecule has 124 valence electrons. The van der Waals surface area contributed by atoms with Crippen LogP contribution in [0.2, 0.25) is 0 Å². The molecule has 2 heterocycles. The van der Waals surface area contributed by atoms with E-state index < -0.39 is 0 Å². The van der Waals surface area contributed by atoms with Crippen LogP contribution in [0.3, 0.4) is 0 Å². The van der Waals surface area contributed by atoms with E-state index in [1.165, 1.54) is 11.0 Å². The third kappa shape index (κ3) is 2.55. The van der Waals surface area contributed by atoms with Crippen LogP contribution >= 0.6 is 0 Å². The fraction of sp³-hybridized carbons (Fsp3) is 0.111. The second-order valence-corrected chi connectivity index (χ2v) is 5.58. The van der Waals surface area contributed by atoms with Crippen molar-refractivity contribution in [2.75, 3.05) is 6.54 Å². The molecule has 0 bridgehead atoms. The molecule has 2 aromatic carbocycles. The van der Waals surface area contributed by atoms with Gasteiger partial charge in [-0.05, 0) is 24.3 Å². The van der Waals surface area contributed by atoms with Crippen LogP contribution in [0.25, 0.3) is 11.5 Å². The average Bonchev–Trinajstić information content (AvgIpc) is 3.19. The number of amides is 2. The standard InChI is InChI=1S/C18H13N3O4/c22-14-8-4-3-7-13(14)16-20-19-15(25-16)9-10-21-17(23)11-5-1-2-6-12(11)18(21)24/h1-8,22H,9-10H2. The Balaban J connectivity index is 1.49. The SMILES string of the molecule is O=C1c2ccccc2C(=O)N1CCc1nnc(-c2ccccc2O)o1. The van der Waals surface area contributed by atoms with E-state index in [9.17, 15) is 14.7 Å². The summed E-state index contributed by atoms with van der Waals surface area (Å²) in [5.74, 6) is -0.120. The van der Waals surface area contributed by atoms with Gasteiger partial charge < -0.3 is 9.52 Å². The third-order valence-electron chi connectivity index (χ3n) is 4.03. The molecule has 25 heavy (non-hydrogen) atoms. The van der Waals surface area contributed by atoms with Crippen molar-refractivity contribution in [3.63, 3.8) is 0 Å². The molecule has 2 amide bonds. The molecule has 0 saturated carbocycles. The van der Waals surface area contributed by atoms with Gasteiger partial charge in [0.25, 0.3) is 17.7 Å². The number of phenols is 1. The van der Waals surface area contributed by atoms with Gasteiger partial charge in [-0.2, -0.15) is 0 Å². The number of carbonyl (C=O) groups excluding carboxylic acids is 2. The highest BCUT2D eigenvalue weighted by Crippen LogP contribution is 2.27. The molecule has 3 aromatic rings. The van der Waals surface area contributed by atoms with E-state index in [-0.39, 0.29) is 42.3 Å². The van der Waals surface area contributed by atoms with Gasteiger partial charge in [-0.15, -0.1) is 10.2 Å². The van der Waals surface area contributed by atoms with E-state index >= 15 is 0 Å². The molecule has 1 N–H and O–H groups in total. The van der Waals surface area contributed by atoms with Gasteiger partial charge in [0, 0.05) is 13.0 Å². The highest BCUT2D eigenvalue weighted by Gasteiger charge is 2.34. The minimum atomic E-state index is -0.318. The van der Waals surface area contributed by atoms with Gasteiger partial charge in [-0.25, -0.2) is 0 Å². The van der Waals surface area contributed by atoms with Crippen LogP contribution in [-0.2, 0) is 6.42 Å². The second kappa shape index (κ2) is 5.86. The van der Waals surface area contributed by atoms with Crippen LogP contribution < -0.4 is 0 Å². The number of rotatable bonds is 4. The van der Waals surface area contributed by atoms with E-state index in [0.717, 1.165) is 0 Å². The third-order valence-corrected chi connectivity index (χ3v) is 4.03. The summed E-state index contributed by atoms with van der Waals surface area (Å²) in [5, 5.41) is 17.6. The van der Waals surface area contributed by atoms with Crippen molar-refractivity contribution in [1.82, 2.24) is 15.1 Å². The Morgan fingerprint density at radius 1 is 0.880 bits per heavy atom. The van der Waals surface area contributed by atoms with Crippen LogP contribution in [0.15, 0.2) is 52.9 Å². The van der Waals surface area contributed by atoms with Crippen molar-refractivity contribution in [3.05, 3.63) is 65.5 Å². The van der Waals surface area contributed by atoms with Crippen molar-refractivity contribution in [3.8, 4) is 17.2 Å². The van der Waals surface area contributed by atoms with Gasteiger partial charge in [0.05, 0.1) is 16.7 Å². The van der Waals surface area contributed by atoms with E-state index in [1.54, 1.807) is 42.5 Å². The first-order chi connectivity index (χ1) is 12.1. The molecule has 0 radical (unpaired) electrons. The molecule has 4 rings (SSSR count). The number of aromatic hydroxyl groups is 1. The maximum absolute atomic E-state index is 12.3. The highest BCUT2D eigenvalue weighted by molar-refractivity contribution is 6.21. The average molecular weight is 335 g/mol. The van der Waals surface area contributed by atoms with Crippen LogP contribution in [0.5, 0.6) is 5.75 Å². The summed E-state index contributed by atoms with van der Waals surface area (Å²) in [6, 6.07) is 13.4. The number of carbonyl (C=O) groups is 2. The van der Waals surface area contributed by atoms with Crippen molar-refractivity contribution < 1.29 is 19.1 Å². The number of nitrogens with zero attached hydrogens (tertiary/aromatic N) is 3. The van der Waals surface area contributed by atoms with E-state index in [2.05, 4.69) is 10.2 Å². The fourth-order valence-electron chi connectivity index (χ4n) is 2.77. The van der Waals surface area contributed by atoms with Gasteiger partial charge in [0.15, 0.2) is 0 Å². The summed E-state index contributed by atoms with van der Waals surface area (Å²) >= 11 is 0. The Kier molecular flexibility index (Phi) is 3.53. The Labute approximate surface area is 142 Å². The predicted octanol–water partition coefficient (Wildman–Crippen LogP) is 2.28. The van der Waals surface area contributed by atoms with Gasteiger partial charge >= 0.3 is 0 Å². The molecule has 1 aliphatic heterocycles. The monoisotopic (exact) mass is 335 g/mol. The number of aromatic nitrogens is 2. The van der Waals surface area contributed by atoms with E-state index in [0.29, 0.717) is 16.7 Å².